The Balaban J connectivity index is 2.15. The van der Waals surface area contributed by atoms with Crippen LogP contribution in [-0.2, 0) is 11.8 Å². The summed E-state index contributed by atoms with van der Waals surface area (Å²) in [5.74, 6) is 0. The fourth-order valence-electron chi connectivity index (χ4n) is 1.95. The summed E-state index contributed by atoms with van der Waals surface area (Å²) in [4.78, 5) is 0. The minimum Gasteiger partial charge on any atom is -0.392 e. The van der Waals surface area contributed by atoms with Crippen molar-refractivity contribution in [1.82, 2.24) is 0 Å². The molecule has 0 aliphatic heterocycles. The van der Waals surface area contributed by atoms with Gasteiger partial charge >= 0.3 is 0 Å². The first-order chi connectivity index (χ1) is 8.10. The lowest BCUT2D eigenvalue weighted by atomic mass is 9.77. The normalized spacial score (nSPS) is 13.6. The Kier molecular flexibility index (Phi) is 3.65. The molecule has 0 saturated heterocycles. The van der Waals surface area contributed by atoms with Crippen molar-refractivity contribution >= 4 is 11.3 Å². The molecule has 1 aromatic heterocycles. The van der Waals surface area contributed by atoms with E-state index in [4.69, 9.17) is 0 Å². The molecular formula is C15H18OS. The molecule has 1 N–H and O–H groups in total. The van der Waals surface area contributed by atoms with Gasteiger partial charge in [-0.05, 0) is 28.0 Å². The molecule has 0 bridgehead atoms. The lowest BCUT2D eigenvalue weighted by Crippen LogP contribution is -2.35. The van der Waals surface area contributed by atoms with Gasteiger partial charge in [-0.25, -0.2) is 0 Å². The van der Waals surface area contributed by atoms with Crippen molar-refractivity contribution in [2.45, 2.75) is 31.8 Å². The van der Waals surface area contributed by atoms with E-state index in [0.717, 1.165) is 0 Å². The smallest absolute Gasteiger partial charge is 0.0672 e. The molecule has 2 heteroatoms. The van der Waals surface area contributed by atoms with Crippen LogP contribution in [0.15, 0.2) is 47.2 Å². The van der Waals surface area contributed by atoms with Crippen molar-refractivity contribution in [2.24, 2.45) is 0 Å². The molecular weight excluding hydrogens is 228 g/mol. The highest BCUT2D eigenvalue weighted by atomic mass is 32.1. The summed E-state index contributed by atoms with van der Waals surface area (Å²) in [7, 11) is 0. The average molecular weight is 246 g/mol. The van der Waals surface area contributed by atoms with E-state index < -0.39 is 0 Å². The Morgan fingerprint density at radius 3 is 2.47 bits per heavy atom. The standard InChI is InChI=1S/C15H18OS/c1-15(2,13-6-4-3-5-7-13)14(16)10-12-8-9-17-11-12/h3-9,11,14,16H,10H2,1-2H3. The highest BCUT2D eigenvalue weighted by molar-refractivity contribution is 7.07. The number of aliphatic hydroxyl groups is 1. The van der Waals surface area contributed by atoms with Crippen molar-refractivity contribution in [3.05, 3.63) is 58.3 Å². The van der Waals surface area contributed by atoms with Gasteiger partial charge in [0, 0.05) is 11.8 Å². The van der Waals surface area contributed by atoms with Crippen LogP contribution in [0.1, 0.15) is 25.0 Å². The monoisotopic (exact) mass is 246 g/mol. The summed E-state index contributed by atoms with van der Waals surface area (Å²) in [5.41, 5.74) is 2.18. The summed E-state index contributed by atoms with van der Waals surface area (Å²) in [6, 6.07) is 12.3. The predicted molar refractivity (Wildman–Crippen MR) is 73.5 cm³/mol. The van der Waals surface area contributed by atoms with Gasteiger partial charge in [0.25, 0.3) is 0 Å². The zero-order chi connectivity index (χ0) is 12.3. The molecule has 0 radical (unpaired) electrons. The van der Waals surface area contributed by atoms with Crippen molar-refractivity contribution in [3.8, 4) is 0 Å². The number of aliphatic hydroxyl groups excluding tert-OH is 1. The number of rotatable bonds is 4. The van der Waals surface area contributed by atoms with Crippen LogP contribution in [0.25, 0.3) is 0 Å². The molecule has 0 aliphatic rings. The molecule has 17 heavy (non-hydrogen) atoms. The molecule has 0 saturated carbocycles. The van der Waals surface area contributed by atoms with Gasteiger partial charge in [0.2, 0.25) is 0 Å². The van der Waals surface area contributed by atoms with Crippen LogP contribution in [-0.4, -0.2) is 11.2 Å². The van der Waals surface area contributed by atoms with Crippen LogP contribution in [0.5, 0.6) is 0 Å². The van der Waals surface area contributed by atoms with Gasteiger partial charge in [0.1, 0.15) is 0 Å². The largest absolute Gasteiger partial charge is 0.392 e. The first-order valence-electron chi connectivity index (χ1n) is 5.85. The predicted octanol–water partition coefficient (Wildman–Crippen LogP) is 3.63. The maximum Gasteiger partial charge on any atom is 0.0672 e. The number of thiophene rings is 1. The van der Waals surface area contributed by atoms with Crippen LogP contribution < -0.4 is 0 Å². The molecule has 0 amide bonds. The Morgan fingerprint density at radius 1 is 1.18 bits per heavy atom. The number of benzene rings is 1. The second kappa shape index (κ2) is 5.03. The van der Waals surface area contributed by atoms with Crippen LogP contribution in [0.3, 0.4) is 0 Å². The molecule has 90 valence electrons. The number of hydrogen-bond acceptors (Lipinski definition) is 2. The summed E-state index contributed by atoms with van der Waals surface area (Å²) < 4.78 is 0. The fraction of sp³-hybridized carbons (Fsp3) is 0.333. The molecule has 1 heterocycles. The van der Waals surface area contributed by atoms with Crippen molar-refractivity contribution in [1.29, 1.82) is 0 Å². The van der Waals surface area contributed by atoms with Gasteiger partial charge in [0.05, 0.1) is 6.10 Å². The number of hydrogen-bond donors (Lipinski definition) is 1. The van der Waals surface area contributed by atoms with E-state index >= 15 is 0 Å². The highest BCUT2D eigenvalue weighted by Crippen LogP contribution is 2.29. The first-order valence-corrected chi connectivity index (χ1v) is 6.79. The molecule has 2 aromatic rings. The maximum atomic E-state index is 10.4. The second-order valence-electron chi connectivity index (χ2n) is 4.94. The van der Waals surface area contributed by atoms with E-state index in [0.29, 0.717) is 6.42 Å². The topological polar surface area (TPSA) is 20.2 Å². The highest BCUT2D eigenvalue weighted by Gasteiger charge is 2.29. The minimum absolute atomic E-state index is 0.219. The van der Waals surface area contributed by atoms with E-state index in [2.05, 4.69) is 42.8 Å². The van der Waals surface area contributed by atoms with Gasteiger partial charge in [-0.1, -0.05) is 44.2 Å². The van der Waals surface area contributed by atoms with Crippen molar-refractivity contribution in [3.63, 3.8) is 0 Å². The van der Waals surface area contributed by atoms with E-state index in [1.807, 2.05) is 18.2 Å². The summed E-state index contributed by atoms with van der Waals surface area (Å²) in [5, 5.41) is 14.6. The molecule has 1 atom stereocenters. The molecule has 1 aromatic carbocycles. The SMILES string of the molecule is CC(C)(c1ccccc1)C(O)Cc1ccsc1. The second-order valence-corrected chi connectivity index (χ2v) is 5.72. The Morgan fingerprint density at radius 2 is 1.88 bits per heavy atom. The lowest BCUT2D eigenvalue weighted by molar-refractivity contribution is 0.100. The molecule has 0 fully saturated rings. The molecule has 0 aliphatic carbocycles. The molecule has 1 unspecified atom stereocenters. The van der Waals surface area contributed by atoms with E-state index in [1.165, 1.54) is 11.1 Å². The van der Waals surface area contributed by atoms with Gasteiger partial charge in [0.15, 0.2) is 0 Å². The Labute approximate surface area is 107 Å². The zero-order valence-corrected chi connectivity index (χ0v) is 11.1. The third-order valence-corrected chi connectivity index (χ3v) is 4.09. The summed E-state index contributed by atoms with van der Waals surface area (Å²) in [6.45, 7) is 4.19. The van der Waals surface area contributed by atoms with Crippen molar-refractivity contribution in [2.75, 3.05) is 0 Å². The summed E-state index contributed by atoms with van der Waals surface area (Å²) >= 11 is 1.68. The quantitative estimate of drug-likeness (QED) is 0.873. The van der Waals surface area contributed by atoms with E-state index in [9.17, 15) is 5.11 Å². The third-order valence-electron chi connectivity index (χ3n) is 3.36. The zero-order valence-electron chi connectivity index (χ0n) is 10.3. The van der Waals surface area contributed by atoms with Gasteiger partial charge in [-0.3, -0.25) is 0 Å². The maximum absolute atomic E-state index is 10.4. The Bertz CT molecular complexity index is 445. The van der Waals surface area contributed by atoms with E-state index in [1.54, 1.807) is 11.3 Å². The summed E-state index contributed by atoms with van der Waals surface area (Å²) in [6.07, 6.45) is 0.352. The first kappa shape index (κ1) is 12.3. The van der Waals surface area contributed by atoms with Crippen molar-refractivity contribution < 1.29 is 5.11 Å². The van der Waals surface area contributed by atoms with Crippen LogP contribution in [0.2, 0.25) is 0 Å². The van der Waals surface area contributed by atoms with E-state index in [-0.39, 0.29) is 11.5 Å². The van der Waals surface area contributed by atoms with Gasteiger partial charge < -0.3 is 5.11 Å². The third kappa shape index (κ3) is 2.76. The van der Waals surface area contributed by atoms with Crippen LogP contribution >= 0.6 is 11.3 Å². The molecule has 0 spiro atoms. The van der Waals surface area contributed by atoms with Crippen LogP contribution in [0, 0.1) is 0 Å². The molecule has 2 rings (SSSR count). The lowest BCUT2D eigenvalue weighted by Gasteiger charge is -2.31. The molecule has 1 nitrogen and oxygen atoms in total. The fourth-order valence-corrected chi connectivity index (χ4v) is 2.63. The minimum atomic E-state index is -0.362. The van der Waals surface area contributed by atoms with Gasteiger partial charge in [-0.15, -0.1) is 0 Å². The Hall–Kier alpha value is -1.12. The average Bonchev–Trinajstić information content (AvgIpc) is 2.83. The van der Waals surface area contributed by atoms with Crippen LogP contribution in [0.4, 0.5) is 0 Å². The van der Waals surface area contributed by atoms with Gasteiger partial charge in [-0.2, -0.15) is 11.3 Å².